The summed E-state index contributed by atoms with van der Waals surface area (Å²) in [5.74, 6) is 5.73. The van der Waals surface area contributed by atoms with Gasteiger partial charge in [-0.05, 0) is 24.6 Å². The van der Waals surface area contributed by atoms with Gasteiger partial charge in [0, 0.05) is 0 Å². The van der Waals surface area contributed by atoms with Crippen LogP contribution in [-0.2, 0) is 21.1 Å². The lowest BCUT2D eigenvalue weighted by Gasteiger charge is -2.26. The van der Waals surface area contributed by atoms with E-state index in [0.29, 0.717) is 18.7 Å². The van der Waals surface area contributed by atoms with Crippen LogP contribution in [0.4, 0.5) is 0 Å². The smallest absolute Gasteiger partial charge is 0.321 e. The van der Waals surface area contributed by atoms with E-state index in [-0.39, 0.29) is 24.4 Å². The van der Waals surface area contributed by atoms with Crippen LogP contribution in [0.5, 0.6) is 0 Å². The SMILES string of the molecule is NNC1=C(NC2CC[C@@H](COP(O)(O)=S)O2)NC(N)=NC1O. The Hall–Kier alpha value is -0.980. The van der Waals surface area contributed by atoms with Gasteiger partial charge < -0.3 is 45.9 Å². The van der Waals surface area contributed by atoms with Crippen molar-refractivity contribution < 1.29 is 24.2 Å². The van der Waals surface area contributed by atoms with Crippen LogP contribution in [0.1, 0.15) is 12.8 Å². The van der Waals surface area contributed by atoms with E-state index >= 15 is 0 Å². The van der Waals surface area contributed by atoms with Crippen molar-refractivity contribution in [3.05, 3.63) is 11.5 Å². The van der Waals surface area contributed by atoms with E-state index in [1.807, 2.05) is 0 Å². The quantitative estimate of drug-likeness (QED) is 0.140. The second-order valence-corrected chi connectivity index (χ2v) is 7.37. The summed E-state index contributed by atoms with van der Waals surface area (Å²) >= 11 is 4.37. The van der Waals surface area contributed by atoms with Crippen LogP contribution in [-0.4, -0.2) is 46.0 Å². The number of guanidine groups is 1. The molecular weight excluding hydrogens is 335 g/mol. The summed E-state index contributed by atoms with van der Waals surface area (Å²) in [5, 5.41) is 15.5. The third-order valence-corrected chi connectivity index (χ3v) is 3.84. The Bertz CT molecular complexity index is 525. The van der Waals surface area contributed by atoms with E-state index in [1.54, 1.807) is 0 Å². The molecule has 0 bridgehead atoms. The van der Waals surface area contributed by atoms with Crippen molar-refractivity contribution in [3.8, 4) is 0 Å². The van der Waals surface area contributed by atoms with Gasteiger partial charge in [-0.3, -0.25) is 5.84 Å². The second-order valence-electron chi connectivity index (χ2n) is 4.70. The minimum Gasteiger partial charge on any atom is -0.370 e. The number of ether oxygens (including phenoxy) is 1. The monoisotopic (exact) mass is 354 g/mol. The Balaban J connectivity index is 1.90. The Labute approximate surface area is 131 Å². The number of aliphatic hydroxyl groups is 1. The lowest BCUT2D eigenvalue weighted by atomic mass is 10.2. The summed E-state index contributed by atoms with van der Waals surface area (Å²) in [7, 11) is 0. The second kappa shape index (κ2) is 7.06. The summed E-state index contributed by atoms with van der Waals surface area (Å²) in [6.45, 7) is -3.70. The Kier molecular flexibility index (Phi) is 5.58. The number of aliphatic hydroxyl groups excluding tert-OH is 1. The van der Waals surface area contributed by atoms with Gasteiger partial charge >= 0.3 is 6.72 Å². The molecule has 0 aromatic rings. The summed E-state index contributed by atoms with van der Waals surface area (Å²) in [6.07, 6.45) is -0.660. The van der Waals surface area contributed by atoms with Crippen LogP contribution in [0, 0.1) is 0 Å². The Morgan fingerprint density at radius 3 is 2.86 bits per heavy atom. The van der Waals surface area contributed by atoms with E-state index in [1.165, 1.54) is 0 Å². The predicted octanol–water partition coefficient (Wildman–Crippen LogP) is -2.82. The fourth-order valence-electron chi connectivity index (χ4n) is 2.09. The summed E-state index contributed by atoms with van der Waals surface area (Å²) in [4.78, 5) is 21.8. The van der Waals surface area contributed by atoms with Crippen LogP contribution in [0.2, 0.25) is 0 Å². The summed E-state index contributed by atoms with van der Waals surface area (Å²) < 4.78 is 10.4. The fourth-order valence-corrected chi connectivity index (χ4v) is 2.63. The molecule has 13 heteroatoms. The highest BCUT2D eigenvalue weighted by atomic mass is 32.5. The van der Waals surface area contributed by atoms with Crippen LogP contribution in [0.25, 0.3) is 0 Å². The number of nitrogens with two attached hydrogens (primary N) is 2. The first-order valence-electron chi connectivity index (χ1n) is 6.39. The molecule has 2 rings (SSSR count). The third-order valence-electron chi connectivity index (χ3n) is 3.04. The normalized spacial score (nSPS) is 29.1. The van der Waals surface area contributed by atoms with Crippen molar-refractivity contribution in [2.45, 2.75) is 31.4 Å². The zero-order valence-electron chi connectivity index (χ0n) is 11.5. The maximum Gasteiger partial charge on any atom is 0.321 e. The number of nitrogens with one attached hydrogen (secondary N) is 3. The molecule has 0 spiro atoms. The van der Waals surface area contributed by atoms with Crippen LogP contribution < -0.4 is 27.6 Å². The van der Waals surface area contributed by atoms with E-state index in [4.69, 9.17) is 30.6 Å². The molecule has 1 saturated heterocycles. The zero-order chi connectivity index (χ0) is 16.3. The molecule has 126 valence electrons. The minimum atomic E-state index is -3.68. The Morgan fingerprint density at radius 1 is 1.50 bits per heavy atom. The van der Waals surface area contributed by atoms with E-state index in [2.05, 4.69) is 32.9 Å². The maximum atomic E-state index is 9.74. The molecule has 11 nitrogen and oxygen atoms in total. The summed E-state index contributed by atoms with van der Waals surface area (Å²) in [5.41, 5.74) is 8.10. The van der Waals surface area contributed by atoms with Gasteiger partial charge in [-0.25, -0.2) is 4.99 Å². The molecule has 3 atom stereocenters. The van der Waals surface area contributed by atoms with Crippen LogP contribution >= 0.6 is 6.72 Å². The molecule has 0 saturated carbocycles. The molecule has 1 fully saturated rings. The van der Waals surface area contributed by atoms with Gasteiger partial charge in [-0.15, -0.1) is 0 Å². The molecule has 0 radical (unpaired) electrons. The van der Waals surface area contributed by atoms with Gasteiger partial charge in [0.1, 0.15) is 17.7 Å². The highest BCUT2D eigenvalue weighted by Gasteiger charge is 2.29. The molecule has 2 aliphatic rings. The molecule has 0 aliphatic carbocycles. The lowest BCUT2D eigenvalue weighted by Crippen LogP contribution is -2.49. The van der Waals surface area contributed by atoms with Crippen LogP contribution in [0.15, 0.2) is 16.5 Å². The number of nitrogens with zero attached hydrogens (tertiary/aromatic N) is 1. The highest BCUT2D eigenvalue weighted by molar-refractivity contribution is 8.06. The standard InChI is InChI=1S/C9H19N6O5PS/c10-9-13-7(6(15-11)8(16)14-9)12-5-2-1-4(20-5)3-19-21(17,18)22/h4-5,8,12,15-16H,1-3,11H2,(H3,10,13,14)(H2,17,18,22)/t4-,5?,8?/m0/s1. The average Bonchev–Trinajstić information content (AvgIpc) is 2.83. The largest absolute Gasteiger partial charge is 0.370 e. The first-order chi connectivity index (χ1) is 10.3. The number of hydrogen-bond acceptors (Lipinski definition) is 10. The van der Waals surface area contributed by atoms with Crippen molar-refractivity contribution in [1.29, 1.82) is 0 Å². The molecule has 22 heavy (non-hydrogen) atoms. The van der Waals surface area contributed by atoms with Crippen LogP contribution in [0.3, 0.4) is 0 Å². The molecule has 2 unspecified atom stereocenters. The van der Waals surface area contributed by atoms with Crippen molar-refractivity contribution in [2.75, 3.05) is 6.61 Å². The number of rotatable bonds is 6. The molecule has 2 aliphatic heterocycles. The third kappa shape index (κ3) is 4.76. The first kappa shape index (κ1) is 17.4. The van der Waals surface area contributed by atoms with Gasteiger partial charge in [0.15, 0.2) is 12.2 Å². The van der Waals surface area contributed by atoms with Gasteiger partial charge in [0.25, 0.3) is 0 Å². The van der Waals surface area contributed by atoms with Gasteiger partial charge in [-0.2, -0.15) is 0 Å². The predicted molar refractivity (Wildman–Crippen MR) is 80.8 cm³/mol. The lowest BCUT2D eigenvalue weighted by molar-refractivity contribution is 0.00357. The van der Waals surface area contributed by atoms with Crippen molar-refractivity contribution in [3.63, 3.8) is 0 Å². The van der Waals surface area contributed by atoms with E-state index in [9.17, 15) is 5.11 Å². The van der Waals surface area contributed by atoms with E-state index in [0.717, 1.165) is 0 Å². The van der Waals surface area contributed by atoms with Crippen molar-refractivity contribution in [2.24, 2.45) is 16.6 Å². The highest BCUT2D eigenvalue weighted by Crippen LogP contribution is 2.37. The zero-order valence-corrected chi connectivity index (χ0v) is 13.2. The maximum absolute atomic E-state index is 9.74. The molecule has 10 N–H and O–H groups in total. The molecule has 2 heterocycles. The van der Waals surface area contributed by atoms with Gasteiger partial charge in [0.2, 0.25) is 0 Å². The number of aliphatic imine (C=N–C) groups is 1. The first-order valence-corrected chi connectivity index (χ1v) is 9.02. The van der Waals surface area contributed by atoms with Crippen molar-refractivity contribution in [1.82, 2.24) is 16.1 Å². The number of hydrazine groups is 1. The Morgan fingerprint density at radius 2 is 2.23 bits per heavy atom. The summed E-state index contributed by atoms with van der Waals surface area (Å²) in [6, 6.07) is 0. The van der Waals surface area contributed by atoms with E-state index < -0.39 is 19.2 Å². The molecule has 0 amide bonds. The topological polar surface area (TPSA) is 180 Å². The molecule has 0 aromatic carbocycles. The average molecular weight is 354 g/mol. The molecule has 0 aromatic heterocycles. The minimum absolute atomic E-state index is 0.0108. The fraction of sp³-hybridized carbons (Fsp3) is 0.667. The van der Waals surface area contributed by atoms with Gasteiger partial charge in [0.05, 0.1) is 12.7 Å². The van der Waals surface area contributed by atoms with Gasteiger partial charge in [-0.1, -0.05) is 0 Å². The molecular formula is C9H19N6O5PS. The number of hydrogen-bond donors (Lipinski definition) is 8. The van der Waals surface area contributed by atoms with Crippen molar-refractivity contribution >= 4 is 24.5 Å².